The molecule has 4 heteroatoms. The van der Waals surface area contributed by atoms with Gasteiger partial charge in [0.1, 0.15) is 0 Å². The van der Waals surface area contributed by atoms with Crippen LogP contribution >= 0.6 is 11.3 Å². The average Bonchev–Trinajstić information content (AvgIpc) is 2.59. The van der Waals surface area contributed by atoms with Gasteiger partial charge in [-0.15, -0.1) is 11.3 Å². The average molecular weight is 226 g/mol. The van der Waals surface area contributed by atoms with E-state index in [4.69, 9.17) is 5.73 Å². The number of likely N-dealkylation sites (N-methyl/N-ethyl adjacent to an activating group) is 1. The van der Waals surface area contributed by atoms with E-state index >= 15 is 0 Å². The molecule has 0 aliphatic rings. The highest BCUT2D eigenvalue weighted by Gasteiger charge is 2.13. The minimum absolute atomic E-state index is 0.00390. The molecular weight excluding hydrogens is 208 g/mol. The Bertz CT molecular complexity index is 333. The van der Waals surface area contributed by atoms with Gasteiger partial charge in [0.05, 0.1) is 6.04 Å². The van der Waals surface area contributed by atoms with Crippen molar-refractivity contribution in [2.45, 2.75) is 26.3 Å². The summed E-state index contributed by atoms with van der Waals surface area (Å²) in [5, 5.41) is 2.08. The second-order valence-electron chi connectivity index (χ2n) is 3.83. The molecule has 1 rings (SSSR count). The highest BCUT2D eigenvalue weighted by Crippen LogP contribution is 2.16. The summed E-state index contributed by atoms with van der Waals surface area (Å²) in [6.07, 6.45) is 0.915. The molecule has 0 radical (unpaired) electrons. The van der Waals surface area contributed by atoms with Gasteiger partial charge in [0.2, 0.25) is 5.91 Å². The van der Waals surface area contributed by atoms with Gasteiger partial charge in [-0.05, 0) is 37.3 Å². The largest absolute Gasteiger partial charge is 0.344 e. The minimum atomic E-state index is -0.403. The van der Waals surface area contributed by atoms with E-state index in [-0.39, 0.29) is 5.91 Å². The van der Waals surface area contributed by atoms with E-state index in [0.29, 0.717) is 0 Å². The Morgan fingerprint density at radius 3 is 2.80 bits per heavy atom. The Labute approximate surface area is 94.9 Å². The Morgan fingerprint density at radius 2 is 2.33 bits per heavy atom. The number of nitrogens with two attached hydrogens (primary N) is 1. The number of nitrogens with zero attached hydrogens (tertiary/aromatic N) is 1. The SMILES string of the molecule is Cc1ccsc1CCN(C)C(=O)C(C)N. The van der Waals surface area contributed by atoms with Crippen molar-refractivity contribution in [3.8, 4) is 0 Å². The molecule has 0 saturated carbocycles. The molecule has 1 aromatic rings. The fourth-order valence-electron chi connectivity index (χ4n) is 1.39. The van der Waals surface area contributed by atoms with Crippen LogP contribution in [0.3, 0.4) is 0 Å². The number of hydrogen-bond acceptors (Lipinski definition) is 3. The summed E-state index contributed by atoms with van der Waals surface area (Å²) in [5.41, 5.74) is 6.83. The van der Waals surface area contributed by atoms with E-state index in [1.807, 2.05) is 0 Å². The van der Waals surface area contributed by atoms with E-state index in [2.05, 4.69) is 18.4 Å². The van der Waals surface area contributed by atoms with Gasteiger partial charge in [-0.25, -0.2) is 0 Å². The maximum atomic E-state index is 11.5. The lowest BCUT2D eigenvalue weighted by atomic mass is 10.2. The van der Waals surface area contributed by atoms with E-state index in [1.54, 1.807) is 30.2 Å². The van der Waals surface area contributed by atoms with Crippen LogP contribution in [0.1, 0.15) is 17.4 Å². The third kappa shape index (κ3) is 3.32. The zero-order valence-corrected chi connectivity index (χ0v) is 10.3. The third-order valence-corrected chi connectivity index (χ3v) is 3.49. The van der Waals surface area contributed by atoms with E-state index in [0.717, 1.165) is 13.0 Å². The van der Waals surface area contributed by atoms with E-state index in [1.165, 1.54) is 10.4 Å². The van der Waals surface area contributed by atoms with Gasteiger partial charge in [0.15, 0.2) is 0 Å². The number of carbonyl (C=O) groups is 1. The lowest BCUT2D eigenvalue weighted by molar-refractivity contribution is -0.130. The first-order chi connectivity index (χ1) is 7.02. The van der Waals surface area contributed by atoms with Crippen LogP contribution in [0.25, 0.3) is 0 Å². The van der Waals surface area contributed by atoms with Crippen LogP contribution in [0.15, 0.2) is 11.4 Å². The van der Waals surface area contributed by atoms with Crippen LogP contribution in [0.5, 0.6) is 0 Å². The monoisotopic (exact) mass is 226 g/mol. The summed E-state index contributed by atoms with van der Waals surface area (Å²) < 4.78 is 0. The molecule has 1 amide bonds. The summed E-state index contributed by atoms with van der Waals surface area (Å²) in [7, 11) is 1.80. The molecule has 1 unspecified atom stereocenters. The van der Waals surface area contributed by atoms with Crippen molar-refractivity contribution in [2.75, 3.05) is 13.6 Å². The summed E-state index contributed by atoms with van der Waals surface area (Å²) in [6, 6.07) is 1.70. The molecule has 84 valence electrons. The van der Waals surface area contributed by atoms with Crippen molar-refractivity contribution in [3.05, 3.63) is 21.9 Å². The quantitative estimate of drug-likeness (QED) is 0.843. The second-order valence-corrected chi connectivity index (χ2v) is 4.83. The van der Waals surface area contributed by atoms with Gasteiger partial charge >= 0.3 is 0 Å². The van der Waals surface area contributed by atoms with Gasteiger partial charge < -0.3 is 10.6 Å². The molecule has 1 aromatic heterocycles. The Hall–Kier alpha value is -0.870. The smallest absolute Gasteiger partial charge is 0.238 e. The third-order valence-electron chi connectivity index (χ3n) is 2.41. The van der Waals surface area contributed by atoms with E-state index in [9.17, 15) is 4.79 Å². The van der Waals surface area contributed by atoms with Gasteiger partial charge in [0, 0.05) is 18.5 Å². The van der Waals surface area contributed by atoms with Gasteiger partial charge in [-0.3, -0.25) is 4.79 Å². The highest BCUT2D eigenvalue weighted by atomic mass is 32.1. The summed E-state index contributed by atoms with van der Waals surface area (Å²) in [6.45, 7) is 4.55. The molecule has 0 aliphatic heterocycles. The molecular formula is C11H18N2OS. The molecule has 0 spiro atoms. The van der Waals surface area contributed by atoms with E-state index < -0.39 is 6.04 Å². The molecule has 0 bridgehead atoms. The second kappa shape index (κ2) is 5.28. The Kier molecular flexibility index (Phi) is 4.29. The van der Waals surface area contributed by atoms with Crippen molar-refractivity contribution in [3.63, 3.8) is 0 Å². The summed E-state index contributed by atoms with van der Waals surface area (Å²) in [4.78, 5) is 14.5. The normalized spacial score (nSPS) is 12.5. The van der Waals surface area contributed by atoms with Crippen molar-refractivity contribution in [1.82, 2.24) is 4.90 Å². The summed E-state index contributed by atoms with van der Waals surface area (Å²) in [5.74, 6) is 0.00390. The van der Waals surface area contributed by atoms with Gasteiger partial charge in [-0.2, -0.15) is 0 Å². The first-order valence-electron chi connectivity index (χ1n) is 5.06. The minimum Gasteiger partial charge on any atom is -0.344 e. The summed E-state index contributed by atoms with van der Waals surface area (Å²) >= 11 is 1.74. The maximum absolute atomic E-state index is 11.5. The molecule has 15 heavy (non-hydrogen) atoms. The van der Waals surface area contributed by atoms with Crippen molar-refractivity contribution in [1.29, 1.82) is 0 Å². The number of hydrogen-bond donors (Lipinski definition) is 1. The number of aryl methyl sites for hydroxylation is 1. The fraction of sp³-hybridized carbons (Fsp3) is 0.545. The van der Waals surface area contributed by atoms with Crippen molar-refractivity contribution >= 4 is 17.2 Å². The van der Waals surface area contributed by atoms with Crippen LogP contribution in [-0.4, -0.2) is 30.4 Å². The molecule has 1 heterocycles. The lowest BCUT2D eigenvalue weighted by Gasteiger charge is -2.18. The predicted molar refractivity (Wildman–Crippen MR) is 64.0 cm³/mol. The molecule has 0 fully saturated rings. The zero-order chi connectivity index (χ0) is 11.4. The van der Waals surface area contributed by atoms with Crippen LogP contribution in [0, 0.1) is 6.92 Å². The molecule has 1 atom stereocenters. The van der Waals surface area contributed by atoms with Crippen LogP contribution in [-0.2, 0) is 11.2 Å². The van der Waals surface area contributed by atoms with Gasteiger partial charge in [0.25, 0.3) is 0 Å². The molecule has 0 aromatic carbocycles. The fourth-order valence-corrected chi connectivity index (χ4v) is 2.29. The predicted octanol–water partition coefficient (Wildman–Crippen LogP) is 1.40. The van der Waals surface area contributed by atoms with Crippen molar-refractivity contribution < 1.29 is 4.79 Å². The molecule has 3 nitrogen and oxygen atoms in total. The van der Waals surface area contributed by atoms with Gasteiger partial charge in [-0.1, -0.05) is 0 Å². The van der Waals surface area contributed by atoms with Crippen LogP contribution in [0.2, 0.25) is 0 Å². The highest BCUT2D eigenvalue weighted by molar-refractivity contribution is 7.10. The van der Waals surface area contributed by atoms with Crippen LogP contribution in [0.4, 0.5) is 0 Å². The standard InChI is InChI=1S/C11H18N2OS/c1-8-5-7-15-10(8)4-6-13(3)11(14)9(2)12/h5,7,9H,4,6,12H2,1-3H3. The Morgan fingerprint density at radius 1 is 1.67 bits per heavy atom. The number of rotatable bonds is 4. The number of carbonyl (C=O) groups excluding carboxylic acids is 1. The lowest BCUT2D eigenvalue weighted by Crippen LogP contribution is -2.40. The van der Waals surface area contributed by atoms with Crippen molar-refractivity contribution in [2.24, 2.45) is 5.73 Å². The first kappa shape index (κ1) is 12.2. The first-order valence-corrected chi connectivity index (χ1v) is 5.94. The maximum Gasteiger partial charge on any atom is 0.238 e. The number of amides is 1. The zero-order valence-electron chi connectivity index (χ0n) is 9.49. The molecule has 0 saturated heterocycles. The van der Waals surface area contributed by atoms with Crippen LogP contribution < -0.4 is 5.73 Å². The topological polar surface area (TPSA) is 46.3 Å². The number of thiophene rings is 1. The molecule has 2 N–H and O–H groups in total. The molecule has 0 aliphatic carbocycles. The Balaban J connectivity index is 2.44.